The minimum absolute atomic E-state index is 0.625. The normalized spacial score (nSPS) is 10.7. The summed E-state index contributed by atoms with van der Waals surface area (Å²) in [6.45, 7) is 5.96. The van der Waals surface area contributed by atoms with Gasteiger partial charge in [-0.15, -0.1) is 0 Å². The van der Waals surface area contributed by atoms with Crippen LogP contribution in [0.4, 0.5) is 0 Å². The first kappa shape index (κ1) is 13.5. The van der Waals surface area contributed by atoms with Crippen LogP contribution in [0.1, 0.15) is 25.1 Å². The van der Waals surface area contributed by atoms with E-state index in [1.165, 1.54) is 5.56 Å². The Morgan fingerprint density at radius 2 is 2.16 bits per heavy atom. The highest BCUT2D eigenvalue weighted by molar-refractivity contribution is 5.28. The Balaban J connectivity index is 2.18. The third-order valence-corrected chi connectivity index (χ3v) is 2.76. The molecule has 0 saturated carbocycles. The van der Waals surface area contributed by atoms with E-state index in [9.17, 15) is 0 Å². The van der Waals surface area contributed by atoms with Crippen molar-refractivity contribution < 1.29 is 4.74 Å². The highest BCUT2D eigenvalue weighted by atomic mass is 16.5. The maximum atomic E-state index is 5.74. The van der Waals surface area contributed by atoms with E-state index in [1.54, 1.807) is 10.9 Å². The molecule has 2 heterocycles. The number of aromatic nitrogens is 3. The van der Waals surface area contributed by atoms with Crippen molar-refractivity contribution in [3.63, 3.8) is 0 Å². The van der Waals surface area contributed by atoms with Crippen LogP contribution in [0.2, 0.25) is 0 Å². The molecule has 0 aliphatic rings. The van der Waals surface area contributed by atoms with Gasteiger partial charge in [0.25, 0.3) is 0 Å². The van der Waals surface area contributed by atoms with Crippen molar-refractivity contribution in [3.05, 3.63) is 35.8 Å². The summed E-state index contributed by atoms with van der Waals surface area (Å²) >= 11 is 0. The smallest absolute Gasteiger partial charge is 0.219 e. The van der Waals surface area contributed by atoms with Crippen molar-refractivity contribution in [2.24, 2.45) is 7.05 Å². The lowest BCUT2D eigenvalue weighted by molar-refractivity contribution is 0.459. The van der Waals surface area contributed by atoms with Crippen molar-refractivity contribution in [2.75, 3.05) is 6.54 Å². The summed E-state index contributed by atoms with van der Waals surface area (Å²) in [5.74, 6) is 1.33. The number of rotatable bonds is 6. The Hall–Kier alpha value is -1.88. The van der Waals surface area contributed by atoms with Crippen molar-refractivity contribution in [3.8, 4) is 11.6 Å². The van der Waals surface area contributed by atoms with Crippen LogP contribution in [0.3, 0.4) is 0 Å². The summed E-state index contributed by atoms with van der Waals surface area (Å²) in [6.07, 6.45) is 4.40. The maximum Gasteiger partial charge on any atom is 0.219 e. The van der Waals surface area contributed by atoms with E-state index in [0.717, 1.165) is 25.2 Å². The Morgan fingerprint density at radius 1 is 1.32 bits per heavy atom. The van der Waals surface area contributed by atoms with Gasteiger partial charge in [0, 0.05) is 25.4 Å². The van der Waals surface area contributed by atoms with Gasteiger partial charge in [0.05, 0.1) is 12.4 Å². The molecule has 2 rings (SSSR count). The molecule has 102 valence electrons. The van der Waals surface area contributed by atoms with Gasteiger partial charge in [0.1, 0.15) is 0 Å². The van der Waals surface area contributed by atoms with E-state index in [-0.39, 0.29) is 0 Å². The summed E-state index contributed by atoms with van der Waals surface area (Å²) in [5.41, 5.74) is 2.22. The molecule has 0 unspecified atom stereocenters. The number of nitrogens with one attached hydrogen (secondary N) is 1. The van der Waals surface area contributed by atoms with Crippen LogP contribution in [-0.4, -0.2) is 21.3 Å². The largest absolute Gasteiger partial charge is 0.436 e. The lowest BCUT2D eigenvalue weighted by Crippen LogP contribution is -2.12. The molecule has 5 heteroatoms. The molecular weight excluding hydrogens is 240 g/mol. The molecule has 0 fully saturated rings. The molecular formula is C14H20N4O. The fourth-order valence-electron chi connectivity index (χ4n) is 1.80. The molecule has 1 N–H and O–H groups in total. The van der Waals surface area contributed by atoms with Gasteiger partial charge in [-0.2, -0.15) is 5.10 Å². The van der Waals surface area contributed by atoms with Crippen molar-refractivity contribution in [1.29, 1.82) is 0 Å². The van der Waals surface area contributed by atoms with E-state index < -0.39 is 0 Å². The monoisotopic (exact) mass is 260 g/mol. The maximum absolute atomic E-state index is 5.74. The Kier molecular flexibility index (Phi) is 4.52. The summed E-state index contributed by atoms with van der Waals surface area (Å²) in [4.78, 5) is 4.48. The summed E-state index contributed by atoms with van der Waals surface area (Å²) in [5, 5.41) is 7.39. The first-order chi connectivity index (χ1) is 9.21. The van der Waals surface area contributed by atoms with E-state index >= 15 is 0 Å². The Labute approximate surface area is 113 Å². The average Bonchev–Trinajstić information content (AvgIpc) is 2.81. The average molecular weight is 260 g/mol. The standard InChI is InChI=1S/C14H20N4O/c1-4-12-6-11(8-15-5-2)7-14(17-12)19-13-9-16-18(3)10-13/h6-7,9-10,15H,4-5,8H2,1-3H3. The van der Waals surface area contributed by atoms with Crippen molar-refractivity contribution in [1.82, 2.24) is 20.1 Å². The van der Waals surface area contributed by atoms with Crippen LogP contribution in [0.15, 0.2) is 24.5 Å². The fourth-order valence-corrected chi connectivity index (χ4v) is 1.80. The van der Waals surface area contributed by atoms with Crippen molar-refractivity contribution >= 4 is 0 Å². The third kappa shape index (κ3) is 3.79. The zero-order valence-electron chi connectivity index (χ0n) is 11.7. The zero-order chi connectivity index (χ0) is 13.7. The predicted molar refractivity (Wildman–Crippen MR) is 74.3 cm³/mol. The first-order valence-electron chi connectivity index (χ1n) is 6.58. The lowest BCUT2D eigenvalue weighted by Gasteiger charge is -2.08. The molecule has 0 aliphatic heterocycles. The number of aryl methyl sites for hydroxylation is 2. The van der Waals surface area contributed by atoms with E-state index in [4.69, 9.17) is 4.74 Å². The molecule has 0 bridgehead atoms. The van der Waals surface area contributed by atoms with Gasteiger partial charge in [0.15, 0.2) is 5.75 Å². The van der Waals surface area contributed by atoms with Gasteiger partial charge < -0.3 is 10.1 Å². The molecule has 0 aromatic carbocycles. The second-order valence-electron chi connectivity index (χ2n) is 4.39. The molecule has 2 aromatic heterocycles. The van der Waals surface area contributed by atoms with Gasteiger partial charge >= 0.3 is 0 Å². The van der Waals surface area contributed by atoms with Crippen LogP contribution in [0.5, 0.6) is 11.6 Å². The highest BCUT2D eigenvalue weighted by Gasteiger charge is 2.05. The molecule has 2 aromatic rings. The van der Waals surface area contributed by atoms with E-state index in [2.05, 4.69) is 35.3 Å². The molecule has 0 saturated heterocycles. The van der Waals surface area contributed by atoms with E-state index in [1.807, 2.05) is 19.3 Å². The van der Waals surface area contributed by atoms with Gasteiger partial charge in [-0.1, -0.05) is 13.8 Å². The number of ether oxygens (including phenoxy) is 1. The topological polar surface area (TPSA) is 52.0 Å². The van der Waals surface area contributed by atoms with Crippen LogP contribution >= 0.6 is 0 Å². The molecule has 0 spiro atoms. The molecule has 0 amide bonds. The Morgan fingerprint density at radius 3 is 2.79 bits per heavy atom. The molecule has 5 nitrogen and oxygen atoms in total. The molecule has 0 radical (unpaired) electrons. The number of nitrogens with zero attached hydrogens (tertiary/aromatic N) is 3. The fraction of sp³-hybridized carbons (Fsp3) is 0.429. The predicted octanol–water partition coefficient (Wildman–Crippen LogP) is 2.28. The summed E-state index contributed by atoms with van der Waals surface area (Å²) in [6, 6.07) is 4.08. The zero-order valence-corrected chi connectivity index (χ0v) is 11.7. The van der Waals surface area contributed by atoms with Crippen LogP contribution in [0.25, 0.3) is 0 Å². The van der Waals surface area contributed by atoms with Crippen molar-refractivity contribution in [2.45, 2.75) is 26.8 Å². The van der Waals surface area contributed by atoms with E-state index in [0.29, 0.717) is 11.6 Å². The third-order valence-electron chi connectivity index (χ3n) is 2.76. The lowest BCUT2D eigenvalue weighted by atomic mass is 10.2. The number of hydrogen-bond donors (Lipinski definition) is 1. The molecule has 19 heavy (non-hydrogen) atoms. The minimum Gasteiger partial charge on any atom is -0.436 e. The Bertz CT molecular complexity index is 536. The van der Waals surface area contributed by atoms with Crippen LogP contribution in [-0.2, 0) is 20.0 Å². The van der Waals surface area contributed by atoms with Gasteiger partial charge in [-0.25, -0.2) is 4.98 Å². The summed E-state index contributed by atoms with van der Waals surface area (Å²) in [7, 11) is 1.86. The first-order valence-corrected chi connectivity index (χ1v) is 6.58. The second kappa shape index (κ2) is 6.33. The van der Waals surface area contributed by atoms with Gasteiger partial charge in [-0.3, -0.25) is 4.68 Å². The molecule has 0 atom stereocenters. The second-order valence-corrected chi connectivity index (χ2v) is 4.39. The number of pyridine rings is 1. The minimum atomic E-state index is 0.625. The quantitative estimate of drug-likeness (QED) is 0.865. The van der Waals surface area contributed by atoms with Crippen LogP contribution in [0, 0.1) is 0 Å². The van der Waals surface area contributed by atoms with Crippen LogP contribution < -0.4 is 10.1 Å². The number of hydrogen-bond acceptors (Lipinski definition) is 4. The SMILES string of the molecule is CCNCc1cc(CC)nc(Oc2cnn(C)c2)c1. The van der Waals surface area contributed by atoms with Gasteiger partial charge in [0.2, 0.25) is 5.88 Å². The summed E-state index contributed by atoms with van der Waals surface area (Å²) < 4.78 is 7.45. The van der Waals surface area contributed by atoms with Gasteiger partial charge in [-0.05, 0) is 24.6 Å². The highest BCUT2D eigenvalue weighted by Crippen LogP contribution is 2.20. The molecule has 0 aliphatic carbocycles.